The van der Waals surface area contributed by atoms with Crippen molar-refractivity contribution in [3.05, 3.63) is 30.5 Å². The fourth-order valence-electron chi connectivity index (χ4n) is 1.38. The standard InChI is InChI=1S/C11H12N2OS/c1-2-12-11(15)13-9-3-4-10-8(7-9)5-6-14-10/h3-7H,2H2,1H3,(H2,12,13,15). The summed E-state index contributed by atoms with van der Waals surface area (Å²) in [5.74, 6) is 0. The van der Waals surface area contributed by atoms with Crippen LogP contribution in [0.2, 0.25) is 0 Å². The van der Waals surface area contributed by atoms with Gasteiger partial charge in [-0.1, -0.05) is 0 Å². The molecule has 0 bridgehead atoms. The van der Waals surface area contributed by atoms with E-state index in [0.717, 1.165) is 23.2 Å². The van der Waals surface area contributed by atoms with Crippen LogP contribution in [0.25, 0.3) is 11.0 Å². The second-order valence-electron chi connectivity index (χ2n) is 3.16. The summed E-state index contributed by atoms with van der Waals surface area (Å²) < 4.78 is 5.25. The van der Waals surface area contributed by atoms with Gasteiger partial charge in [0.1, 0.15) is 5.58 Å². The Balaban J connectivity index is 2.17. The van der Waals surface area contributed by atoms with Crippen molar-refractivity contribution in [3.8, 4) is 0 Å². The van der Waals surface area contributed by atoms with Gasteiger partial charge in [0, 0.05) is 17.6 Å². The largest absolute Gasteiger partial charge is 0.464 e. The first kappa shape index (κ1) is 9.98. The van der Waals surface area contributed by atoms with E-state index in [1.807, 2.05) is 31.2 Å². The number of rotatable bonds is 2. The van der Waals surface area contributed by atoms with Crippen LogP contribution in [0.4, 0.5) is 5.69 Å². The molecule has 0 spiro atoms. The molecule has 0 amide bonds. The Bertz CT molecular complexity index is 478. The van der Waals surface area contributed by atoms with Crippen LogP contribution >= 0.6 is 12.2 Å². The van der Waals surface area contributed by atoms with Gasteiger partial charge in [0.25, 0.3) is 0 Å². The molecule has 4 heteroatoms. The van der Waals surface area contributed by atoms with Gasteiger partial charge in [-0.25, -0.2) is 0 Å². The number of hydrogen-bond donors (Lipinski definition) is 2. The van der Waals surface area contributed by atoms with Crippen LogP contribution in [-0.4, -0.2) is 11.7 Å². The Morgan fingerprint density at radius 1 is 1.40 bits per heavy atom. The third kappa shape index (κ3) is 2.27. The highest BCUT2D eigenvalue weighted by molar-refractivity contribution is 7.80. The van der Waals surface area contributed by atoms with Gasteiger partial charge in [-0.3, -0.25) is 0 Å². The van der Waals surface area contributed by atoms with E-state index in [0.29, 0.717) is 5.11 Å². The lowest BCUT2D eigenvalue weighted by molar-refractivity contribution is 0.616. The zero-order valence-corrected chi connectivity index (χ0v) is 9.23. The Morgan fingerprint density at radius 2 is 2.27 bits per heavy atom. The Morgan fingerprint density at radius 3 is 3.07 bits per heavy atom. The second-order valence-corrected chi connectivity index (χ2v) is 3.57. The van der Waals surface area contributed by atoms with Crippen LogP contribution in [0.3, 0.4) is 0 Å². The molecule has 0 saturated heterocycles. The molecule has 0 unspecified atom stereocenters. The molecule has 0 atom stereocenters. The summed E-state index contributed by atoms with van der Waals surface area (Å²) in [7, 11) is 0. The third-order valence-electron chi connectivity index (χ3n) is 2.05. The van der Waals surface area contributed by atoms with E-state index in [1.54, 1.807) is 6.26 Å². The van der Waals surface area contributed by atoms with Gasteiger partial charge < -0.3 is 15.1 Å². The fraction of sp³-hybridized carbons (Fsp3) is 0.182. The summed E-state index contributed by atoms with van der Waals surface area (Å²) in [6, 6.07) is 7.79. The van der Waals surface area contributed by atoms with Crippen molar-refractivity contribution in [3.63, 3.8) is 0 Å². The third-order valence-corrected chi connectivity index (χ3v) is 2.29. The zero-order valence-electron chi connectivity index (χ0n) is 8.41. The van der Waals surface area contributed by atoms with Crippen LogP contribution in [0.5, 0.6) is 0 Å². The lowest BCUT2D eigenvalue weighted by Crippen LogP contribution is -2.27. The normalized spacial score (nSPS) is 10.2. The summed E-state index contributed by atoms with van der Waals surface area (Å²) in [5, 5.41) is 7.84. The quantitative estimate of drug-likeness (QED) is 0.763. The lowest BCUT2D eigenvalue weighted by atomic mass is 10.2. The van der Waals surface area contributed by atoms with Crippen LogP contribution in [-0.2, 0) is 0 Å². The number of nitrogens with one attached hydrogen (secondary N) is 2. The lowest BCUT2D eigenvalue weighted by Gasteiger charge is -2.08. The summed E-state index contributed by atoms with van der Waals surface area (Å²) in [6.45, 7) is 2.83. The van der Waals surface area contributed by atoms with Gasteiger partial charge in [0.2, 0.25) is 0 Å². The second kappa shape index (κ2) is 4.31. The predicted octanol–water partition coefficient (Wildman–Crippen LogP) is 2.74. The molecule has 2 aromatic rings. The van der Waals surface area contributed by atoms with Crippen molar-refractivity contribution >= 4 is 34.0 Å². The number of benzene rings is 1. The van der Waals surface area contributed by atoms with Gasteiger partial charge >= 0.3 is 0 Å². The first-order valence-corrected chi connectivity index (χ1v) is 5.22. The highest BCUT2D eigenvalue weighted by Crippen LogP contribution is 2.19. The van der Waals surface area contributed by atoms with Gasteiger partial charge in [0.15, 0.2) is 5.11 Å². The van der Waals surface area contributed by atoms with Crippen LogP contribution in [0, 0.1) is 0 Å². The SMILES string of the molecule is CCNC(=S)Nc1ccc2occc2c1. The van der Waals surface area contributed by atoms with Gasteiger partial charge in [0.05, 0.1) is 6.26 Å². The maximum absolute atomic E-state index is 5.25. The number of fused-ring (bicyclic) bond motifs is 1. The van der Waals surface area contributed by atoms with Gasteiger partial charge in [-0.05, 0) is 43.4 Å². The minimum absolute atomic E-state index is 0.639. The van der Waals surface area contributed by atoms with Crippen LogP contribution in [0.15, 0.2) is 34.9 Å². The van der Waals surface area contributed by atoms with Gasteiger partial charge in [-0.15, -0.1) is 0 Å². The summed E-state index contributed by atoms with van der Waals surface area (Å²) in [5.41, 5.74) is 1.85. The maximum atomic E-state index is 5.25. The Kier molecular flexibility index (Phi) is 2.87. The van der Waals surface area contributed by atoms with Crippen molar-refractivity contribution < 1.29 is 4.42 Å². The number of anilines is 1. The molecule has 1 heterocycles. The average molecular weight is 220 g/mol. The molecule has 1 aromatic carbocycles. The molecular formula is C11H12N2OS. The van der Waals surface area contributed by atoms with Crippen molar-refractivity contribution in [2.24, 2.45) is 0 Å². The Labute approximate surface area is 93.5 Å². The predicted molar refractivity (Wildman–Crippen MR) is 66.1 cm³/mol. The summed E-state index contributed by atoms with van der Waals surface area (Å²) >= 11 is 5.09. The molecule has 2 N–H and O–H groups in total. The average Bonchev–Trinajstić information content (AvgIpc) is 2.65. The van der Waals surface area contributed by atoms with E-state index in [9.17, 15) is 0 Å². The highest BCUT2D eigenvalue weighted by Gasteiger charge is 1.99. The van der Waals surface area contributed by atoms with Crippen molar-refractivity contribution in [2.75, 3.05) is 11.9 Å². The molecular weight excluding hydrogens is 208 g/mol. The molecule has 15 heavy (non-hydrogen) atoms. The molecule has 0 fully saturated rings. The van der Waals surface area contributed by atoms with Crippen LogP contribution in [0.1, 0.15) is 6.92 Å². The molecule has 0 aliphatic rings. The van der Waals surface area contributed by atoms with E-state index in [1.165, 1.54) is 0 Å². The Hall–Kier alpha value is -1.55. The number of furan rings is 1. The molecule has 2 rings (SSSR count). The van der Waals surface area contributed by atoms with E-state index in [-0.39, 0.29) is 0 Å². The van der Waals surface area contributed by atoms with Crippen molar-refractivity contribution in [1.29, 1.82) is 0 Å². The fourth-order valence-corrected chi connectivity index (χ4v) is 1.64. The van der Waals surface area contributed by atoms with Crippen LogP contribution < -0.4 is 10.6 Å². The van der Waals surface area contributed by atoms with Crippen molar-refractivity contribution in [2.45, 2.75) is 6.92 Å². The zero-order chi connectivity index (χ0) is 10.7. The molecule has 0 aliphatic carbocycles. The minimum Gasteiger partial charge on any atom is -0.464 e. The first-order valence-electron chi connectivity index (χ1n) is 4.81. The highest BCUT2D eigenvalue weighted by atomic mass is 32.1. The molecule has 78 valence electrons. The maximum Gasteiger partial charge on any atom is 0.170 e. The van der Waals surface area contributed by atoms with E-state index in [4.69, 9.17) is 16.6 Å². The molecule has 0 saturated carbocycles. The molecule has 0 radical (unpaired) electrons. The van der Waals surface area contributed by atoms with E-state index in [2.05, 4.69) is 10.6 Å². The molecule has 1 aromatic heterocycles. The molecule has 0 aliphatic heterocycles. The smallest absolute Gasteiger partial charge is 0.170 e. The number of hydrogen-bond acceptors (Lipinski definition) is 2. The minimum atomic E-state index is 0.639. The van der Waals surface area contributed by atoms with E-state index >= 15 is 0 Å². The first-order chi connectivity index (χ1) is 7.29. The summed E-state index contributed by atoms with van der Waals surface area (Å²) in [6.07, 6.45) is 1.68. The summed E-state index contributed by atoms with van der Waals surface area (Å²) in [4.78, 5) is 0. The monoisotopic (exact) mass is 220 g/mol. The number of thiocarbonyl (C=S) groups is 1. The topological polar surface area (TPSA) is 37.2 Å². The van der Waals surface area contributed by atoms with Gasteiger partial charge in [-0.2, -0.15) is 0 Å². The van der Waals surface area contributed by atoms with Crippen molar-refractivity contribution in [1.82, 2.24) is 5.32 Å². The molecule has 3 nitrogen and oxygen atoms in total. The van der Waals surface area contributed by atoms with E-state index < -0.39 is 0 Å².